The summed E-state index contributed by atoms with van der Waals surface area (Å²) in [5.41, 5.74) is 6.05. The largest absolute Gasteiger partial charge is 0.525 e. The first-order valence-corrected chi connectivity index (χ1v) is 23.6. The third-order valence-corrected chi connectivity index (χ3v) is 10.6. The lowest BCUT2D eigenvalue weighted by Gasteiger charge is -2.23. The van der Waals surface area contributed by atoms with Crippen LogP contribution >= 0.6 is 7.82 Å². The summed E-state index contributed by atoms with van der Waals surface area (Å²) >= 11 is 0. The number of H-pyrrole nitrogens is 1. The second-order valence-corrected chi connectivity index (χ2v) is 16.8. The first-order chi connectivity index (χ1) is 30.1. The number of carbonyl (C=O) groups excluding carboxylic acids is 5. The number of carboxylic acids is 1. The second-order valence-electron chi connectivity index (χ2n) is 15.6. The lowest BCUT2D eigenvalue weighted by atomic mass is 10.0. The van der Waals surface area contributed by atoms with E-state index >= 15 is 0 Å². The molecule has 1 aromatic heterocycles. The number of aliphatic carboxylic acids is 1. The highest BCUT2D eigenvalue weighted by atomic mass is 31.2. The number of phosphoric acid groups is 1. The summed E-state index contributed by atoms with van der Waals surface area (Å²) in [6, 6.07) is -3.66. The summed E-state index contributed by atoms with van der Waals surface area (Å²) in [6.45, 7) is 3.42. The van der Waals surface area contributed by atoms with Gasteiger partial charge < -0.3 is 55.6 Å². The fraction of sp³-hybridized carbons (Fsp3) is 0.732. The molecule has 63 heavy (non-hydrogen) atoms. The molecule has 5 atom stereocenters. The van der Waals surface area contributed by atoms with E-state index in [1.165, 1.54) is 77.2 Å². The van der Waals surface area contributed by atoms with Gasteiger partial charge in [-0.25, -0.2) is 19.1 Å². The number of cyclic esters (lactones) is 1. The Morgan fingerprint density at radius 1 is 0.873 bits per heavy atom. The number of nitrogens with two attached hydrogens (primary N) is 1. The van der Waals surface area contributed by atoms with Gasteiger partial charge in [-0.3, -0.25) is 29.0 Å². The second kappa shape index (κ2) is 30.5. The van der Waals surface area contributed by atoms with Crippen molar-refractivity contribution in [3.8, 4) is 0 Å². The van der Waals surface area contributed by atoms with Crippen LogP contribution in [-0.4, -0.2) is 116 Å². The molecule has 1 aliphatic rings. The lowest BCUT2D eigenvalue weighted by molar-refractivity contribution is -0.159. The fourth-order valence-corrected chi connectivity index (χ4v) is 7.06. The zero-order chi connectivity index (χ0) is 46.6. The van der Waals surface area contributed by atoms with Crippen LogP contribution in [0.5, 0.6) is 0 Å². The van der Waals surface area contributed by atoms with Crippen LogP contribution in [0.1, 0.15) is 142 Å². The molecule has 0 radical (unpaired) electrons. The number of nitrogens with one attached hydrogen (secondary N) is 4. The molecule has 1 aliphatic heterocycles. The summed E-state index contributed by atoms with van der Waals surface area (Å²) in [7, 11) is -5.25. The van der Waals surface area contributed by atoms with Crippen LogP contribution in [0, 0.1) is 0 Å². The maximum atomic E-state index is 13.1. The Bertz CT molecular complexity index is 1640. The van der Waals surface area contributed by atoms with Crippen LogP contribution < -0.4 is 21.7 Å². The fourth-order valence-electron chi connectivity index (χ4n) is 6.66. The molecule has 0 spiro atoms. The number of aromatic nitrogens is 2. The van der Waals surface area contributed by atoms with Gasteiger partial charge in [-0.1, -0.05) is 90.4 Å². The van der Waals surface area contributed by atoms with Crippen LogP contribution in [0.3, 0.4) is 0 Å². The predicted molar refractivity (Wildman–Crippen MR) is 227 cm³/mol. The number of esters is 2. The van der Waals surface area contributed by atoms with E-state index in [0.29, 0.717) is 31.5 Å². The molecule has 5 unspecified atom stereocenters. The molecule has 0 saturated heterocycles. The van der Waals surface area contributed by atoms with Crippen molar-refractivity contribution >= 4 is 43.5 Å². The minimum atomic E-state index is -5.25. The molecule has 0 aliphatic carbocycles. The number of hydrogen-bond donors (Lipinski definition) is 9. The summed E-state index contributed by atoms with van der Waals surface area (Å²) < 4.78 is 31.9. The number of hydrogen-bond acceptors (Lipinski definition) is 14. The van der Waals surface area contributed by atoms with E-state index in [0.717, 1.165) is 25.7 Å². The molecule has 0 saturated carbocycles. The minimum Gasteiger partial charge on any atom is -0.505 e. The first kappa shape index (κ1) is 54.6. The molecule has 2 rings (SSSR count). The highest BCUT2D eigenvalue weighted by molar-refractivity contribution is 7.46. The average Bonchev–Trinajstić information content (AvgIpc) is 3.84. The van der Waals surface area contributed by atoms with Crippen molar-refractivity contribution in [1.82, 2.24) is 25.9 Å². The Morgan fingerprint density at radius 3 is 2.03 bits per heavy atom. The molecule has 0 fully saturated rings. The average molecular weight is 917 g/mol. The maximum Gasteiger partial charge on any atom is 0.525 e. The van der Waals surface area contributed by atoms with Gasteiger partial charge in [0.1, 0.15) is 30.8 Å². The molecule has 2 heterocycles. The number of phosphoric ester groups is 1. The third kappa shape index (κ3) is 23.1. The van der Waals surface area contributed by atoms with Crippen LogP contribution in [-0.2, 0) is 58.5 Å². The van der Waals surface area contributed by atoms with Gasteiger partial charge in [0.15, 0.2) is 11.9 Å². The van der Waals surface area contributed by atoms with E-state index in [2.05, 4.69) is 37.4 Å². The van der Waals surface area contributed by atoms with Gasteiger partial charge >= 0.3 is 25.7 Å². The summed E-state index contributed by atoms with van der Waals surface area (Å²) in [4.78, 5) is 101. The Kier molecular flexibility index (Phi) is 26.4. The number of imidazole rings is 1. The Labute approximate surface area is 368 Å². The molecule has 22 heteroatoms. The molecule has 1 aromatic rings. The Balaban J connectivity index is 1.87. The standard InChI is InChI=1S/C41H69N6O15P/c1-3-4-5-6-7-8-9-10-11-12-13-14-15-18-23-59-32(36-35(50)37(41(55)61-36)62-63(56,57)58)26-60-34(49)21-20-33(48)45-28(2)38(51)46-30(19-16-17-22-42)39(52)47-31(40(53)54)24-29-25-43-27-44-29/h25,27-28,30-32,36,50H,3-24,26,42H2,1-2H3,(H,43,44)(H,45,48)(H,46,51)(H,47,52)(H,53,54)(H2,56,57,58). The van der Waals surface area contributed by atoms with Gasteiger partial charge in [0.25, 0.3) is 5.76 Å². The molecule has 0 aromatic carbocycles. The molecule has 3 amide bonds. The predicted octanol–water partition coefficient (Wildman–Crippen LogP) is 3.63. The van der Waals surface area contributed by atoms with E-state index < -0.39 is 105 Å². The summed E-state index contributed by atoms with van der Waals surface area (Å²) in [5.74, 6) is -7.83. The van der Waals surface area contributed by atoms with Gasteiger partial charge in [0.2, 0.25) is 17.7 Å². The molecule has 10 N–H and O–H groups in total. The molecular weight excluding hydrogens is 847 g/mol. The smallest absolute Gasteiger partial charge is 0.505 e. The summed E-state index contributed by atoms with van der Waals surface area (Å²) in [6.07, 6.45) is 15.9. The number of amides is 3. The van der Waals surface area contributed by atoms with Crippen LogP contribution in [0.15, 0.2) is 24.0 Å². The first-order valence-electron chi connectivity index (χ1n) is 22.0. The monoisotopic (exact) mass is 916 g/mol. The number of nitrogens with zero attached hydrogens (tertiary/aromatic N) is 1. The zero-order valence-electron chi connectivity index (χ0n) is 36.6. The Morgan fingerprint density at radius 2 is 1.48 bits per heavy atom. The van der Waals surface area contributed by atoms with Crippen molar-refractivity contribution in [2.45, 2.75) is 173 Å². The highest BCUT2D eigenvalue weighted by Gasteiger charge is 2.44. The number of carboxylic acid groups (broad SMARTS) is 1. The number of aromatic amines is 1. The van der Waals surface area contributed by atoms with E-state index in [1.54, 1.807) is 0 Å². The molecule has 21 nitrogen and oxygen atoms in total. The van der Waals surface area contributed by atoms with Gasteiger partial charge in [0.05, 0.1) is 12.7 Å². The SMILES string of the molecule is CCCCCCCCCCCCCCCCOC(COC(=O)CCC(=O)NC(C)C(=O)NC(CCCCN)C(=O)NC(Cc1cnc[nH]1)C(=O)O)C1OC(=O)C(OP(=O)(O)O)=C1O. The van der Waals surface area contributed by atoms with Gasteiger partial charge in [-0.15, -0.1) is 0 Å². The number of aliphatic hydroxyl groups is 1. The number of carbonyl (C=O) groups is 6. The zero-order valence-corrected chi connectivity index (χ0v) is 37.5. The normalized spacial score (nSPS) is 15.8. The lowest BCUT2D eigenvalue weighted by Crippen LogP contribution is -2.55. The van der Waals surface area contributed by atoms with E-state index in [9.17, 15) is 53.3 Å². The van der Waals surface area contributed by atoms with Crippen LogP contribution in [0.25, 0.3) is 0 Å². The van der Waals surface area contributed by atoms with Gasteiger partial charge in [-0.05, 0) is 39.2 Å². The molecule has 0 bridgehead atoms. The number of aliphatic hydroxyl groups excluding tert-OH is 1. The van der Waals surface area contributed by atoms with Crippen molar-refractivity contribution in [1.29, 1.82) is 0 Å². The van der Waals surface area contributed by atoms with Gasteiger partial charge in [-0.2, -0.15) is 0 Å². The van der Waals surface area contributed by atoms with Crippen LogP contribution in [0.4, 0.5) is 0 Å². The number of rotatable bonds is 36. The topological polar surface area (TPSA) is 328 Å². The minimum absolute atomic E-state index is 0.0878. The number of ether oxygens (including phenoxy) is 3. The van der Waals surface area contributed by atoms with Gasteiger partial charge in [0, 0.05) is 31.3 Å². The van der Waals surface area contributed by atoms with Crippen molar-refractivity contribution in [3.05, 3.63) is 29.7 Å². The van der Waals surface area contributed by atoms with Crippen molar-refractivity contribution in [2.75, 3.05) is 19.8 Å². The molecular formula is C41H69N6O15P. The molecule has 358 valence electrons. The van der Waals surface area contributed by atoms with Crippen molar-refractivity contribution in [3.63, 3.8) is 0 Å². The van der Waals surface area contributed by atoms with E-state index in [-0.39, 0.29) is 19.4 Å². The maximum absolute atomic E-state index is 13.1. The number of unbranched alkanes of at least 4 members (excludes halogenated alkanes) is 14. The van der Waals surface area contributed by atoms with E-state index in [4.69, 9.17) is 19.9 Å². The van der Waals surface area contributed by atoms with Crippen molar-refractivity contribution < 1.29 is 72.1 Å². The Hall–Kier alpha value is -4.56. The quantitative estimate of drug-likeness (QED) is 0.0264. The van der Waals surface area contributed by atoms with Crippen molar-refractivity contribution in [2.24, 2.45) is 5.73 Å². The van der Waals surface area contributed by atoms with Crippen LogP contribution in [0.2, 0.25) is 0 Å². The summed E-state index contributed by atoms with van der Waals surface area (Å²) in [5, 5.41) is 27.7. The third-order valence-electron chi connectivity index (χ3n) is 10.2. The van der Waals surface area contributed by atoms with E-state index in [1.807, 2.05) is 0 Å². The highest BCUT2D eigenvalue weighted by Crippen LogP contribution is 2.42.